The van der Waals surface area contributed by atoms with E-state index in [0.717, 1.165) is 11.3 Å². The Balaban J connectivity index is 0.00000400. The first-order valence-corrected chi connectivity index (χ1v) is 7.54. The van der Waals surface area contributed by atoms with E-state index in [2.05, 4.69) is 17.6 Å². The van der Waals surface area contributed by atoms with Gasteiger partial charge in [0, 0.05) is 4.90 Å². The van der Waals surface area contributed by atoms with Gasteiger partial charge in [-0.3, -0.25) is 9.59 Å². The molecule has 1 atom stereocenters. The molecule has 118 valence electrons. The van der Waals surface area contributed by atoms with Gasteiger partial charge in [0.1, 0.15) is 0 Å². The van der Waals surface area contributed by atoms with Gasteiger partial charge in [0.15, 0.2) is 0 Å². The third-order valence-corrected chi connectivity index (χ3v) is 3.59. The first kappa shape index (κ1) is 19.8. The third kappa shape index (κ3) is 7.36. The number of nitrogens with two attached hydrogens (primary N) is 1. The van der Waals surface area contributed by atoms with Crippen molar-refractivity contribution in [2.45, 2.75) is 24.8 Å². The maximum atomic E-state index is 11.6. The molecule has 1 aromatic rings. The minimum atomic E-state index is -0.339. The molecule has 0 aliphatic carbocycles. The highest BCUT2D eigenvalue weighted by Gasteiger charge is 2.10. The van der Waals surface area contributed by atoms with Crippen LogP contribution in [0.1, 0.15) is 25.5 Å². The van der Waals surface area contributed by atoms with E-state index < -0.39 is 0 Å². The number of hydrogen-bond acceptors (Lipinski definition) is 4. The van der Waals surface area contributed by atoms with E-state index in [9.17, 15) is 9.59 Å². The number of hydrogen-bond donors (Lipinski definition) is 3. The lowest BCUT2D eigenvalue weighted by Gasteiger charge is -2.15. The lowest BCUT2D eigenvalue weighted by Crippen LogP contribution is -2.40. The summed E-state index contributed by atoms with van der Waals surface area (Å²) in [6.07, 6.45) is 0. The number of carbonyl (C=O) groups is 2. The molecule has 1 rings (SSSR count). The van der Waals surface area contributed by atoms with Crippen molar-refractivity contribution in [2.75, 3.05) is 18.8 Å². The molecule has 0 saturated heterocycles. The molecule has 0 aromatic heterocycles. The van der Waals surface area contributed by atoms with Crippen molar-refractivity contribution < 1.29 is 9.59 Å². The van der Waals surface area contributed by atoms with Crippen LogP contribution in [0.25, 0.3) is 0 Å². The van der Waals surface area contributed by atoms with Crippen LogP contribution in [0.4, 0.5) is 0 Å². The van der Waals surface area contributed by atoms with Crippen LogP contribution in [-0.2, 0) is 9.59 Å². The fourth-order valence-corrected chi connectivity index (χ4v) is 2.31. The number of nitrogens with one attached hydrogen (secondary N) is 2. The summed E-state index contributed by atoms with van der Waals surface area (Å²) in [5.41, 5.74) is 6.18. The minimum absolute atomic E-state index is 0. The molecule has 2 amide bonds. The van der Waals surface area contributed by atoms with Crippen molar-refractivity contribution in [1.29, 1.82) is 0 Å². The number of rotatable bonds is 7. The molecule has 0 aliphatic rings. The van der Waals surface area contributed by atoms with E-state index in [4.69, 9.17) is 5.73 Å². The summed E-state index contributed by atoms with van der Waals surface area (Å²) < 4.78 is 0. The van der Waals surface area contributed by atoms with Gasteiger partial charge in [0.2, 0.25) is 11.8 Å². The number of halogens is 1. The maximum absolute atomic E-state index is 11.6. The Bertz CT molecular complexity index is 454. The highest BCUT2D eigenvalue weighted by atomic mass is 35.5. The molecule has 5 nitrogen and oxygen atoms in total. The smallest absolute Gasteiger partial charge is 0.239 e. The van der Waals surface area contributed by atoms with Crippen LogP contribution < -0.4 is 16.4 Å². The highest BCUT2D eigenvalue weighted by Crippen LogP contribution is 2.20. The van der Waals surface area contributed by atoms with Crippen LogP contribution in [0.15, 0.2) is 29.2 Å². The molecule has 0 fully saturated rings. The molecule has 1 unspecified atom stereocenters. The van der Waals surface area contributed by atoms with Gasteiger partial charge >= 0.3 is 0 Å². The van der Waals surface area contributed by atoms with Gasteiger partial charge in [-0.1, -0.05) is 19.1 Å². The zero-order chi connectivity index (χ0) is 15.0. The highest BCUT2D eigenvalue weighted by molar-refractivity contribution is 7.99. The number of carbonyl (C=O) groups excluding carboxylic acids is 2. The third-order valence-electron chi connectivity index (χ3n) is 2.70. The van der Waals surface area contributed by atoms with E-state index in [1.54, 1.807) is 11.8 Å². The van der Waals surface area contributed by atoms with Crippen molar-refractivity contribution in [3.63, 3.8) is 0 Å². The minimum Gasteiger partial charge on any atom is -0.348 e. The summed E-state index contributed by atoms with van der Waals surface area (Å²) in [4.78, 5) is 23.8. The Labute approximate surface area is 135 Å². The van der Waals surface area contributed by atoms with E-state index >= 15 is 0 Å². The van der Waals surface area contributed by atoms with Crippen LogP contribution in [-0.4, -0.2) is 30.7 Å². The van der Waals surface area contributed by atoms with Crippen molar-refractivity contribution >= 4 is 36.0 Å². The number of thioether (sulfide) groups is 1. The molecule has 0 spiro atoms. The van der Waals surface area contributed by atoms with Crippen molar-refractivity contribution in [3.8, 4) is 0 Å². The number of amides is 2. The van der Waals surface area contributed by atoms with Crippen LogP contribution in [0.3, 0.4) is 0 Å². The summed E-state index contributed by atoms with van der Waals surface area (Å²) in [5.74, 6) is 0.465. The predicted molar refractivity (Wildman–Crippen MR) is 88.7 cm³/mol. The average Bonchev–Trinajstić information content (AvgIpc) is 2.45. The SMILES string of the molecule is CCSc1ccc(C(C)NC(=O)CNC(=O)CN)cc1.Cl. The second-order valence-electron chi connectivity index (χ2n) is 4.27. The van der Waals surface area contributed by atoms with Crippen LogP contribution in [0.5, 0.6) is 0 Å². The Morgan fingerprint density at radius 3 is 2.38 bits per heavy atom. The second-order valence-corrected chi connectivity index (χ2v) is 5.61. The fourth-order valence-electron chi connectivity index (χ4n) is 1.65. The van der Waals surface area contributed by atoms with Gasteiger partial charge in [-0.2, -0.15) is 0 Å². The van der Waals surface area contributed by atoms with Gasteiger partial charge in [0.25, 0.3) is 0 Å². The lowest BCUT2D eigenvalue weighted by molar-refractivity contribution is -0.125. The summed E-state index contributed by atoms with van der Waals surface area (Å²) >= 11 is 1.78. The first-order chi connectivity index (χ1) is 9.56. The summed E-state index contributed by atoms with van der Waals surface area (Å²) in [5, 5.41) is 5.26. The molecular formula is C14H22ClN3O2S. The molecule has 0 radical (unpaired) electrons. The van der Waals surface area contributed by atoms with Gasteiger partial charge < -0.3 is 16.4 Å². The van der Waals surface area contributed by atoms with Crippen LogP contribution in [0, 0.1) is 0 Å². The molecular weight excluding hydrogens is 310 g/mol. The van der Waals surface area contributed by atoms with Crippen molar-refractivity contribution in [3.05, 3.63) is 29.8 Å². The monoisotopic (exact) mass is 331 g/mol. The van der Waals surface area contributed by atoms with Gasteiger partial charge in [-0.25, -0.2) is 0 Å². The van der Waals surface area contributed by atoms with Gasteiger partial charge in [0.05, 0.1) is 19.1 Å². The van der Waals surface area contributed by atoms with E-state index in [0.29, 0.717) is 0 Å². The summed E-state index contributed by atoms with van der Waals surface area (Å²) in [7, 11) is 0. The first-order valence-electron chi connectivity index (χ1n) is 6.55. The van der Waals surface area contributed by atoms with Crippen LogP contribution in [0.2, 0.25) is 0 Å². The number of benzene rings is 1. The molecule has 21 heavy (non-hydrogen) atoms. The molecule has 0 bridgehead atoms. The molecule has 0 heterocycles. The van der Waals surface area contributed by atoms with E-state index in [1.165, 1.54) is 4.90 Å². The lowest BCUT2D eigenvalue weighted by atomic mass is 10.1. The van der Waals surface area contributed by atoms with E-state index in [1.807, 2.05) is 31.2 Å². The van der Waals surface area contributed by atoms with Crippen molar-refractivity contribution in [2.24, 2.45) is 5.73 Å². The normalized spacial score (nSPS) is 11.2. The summed E-state index contributed by atoms with van der Waals surface area (Å²) in [6.45, 7) is 3.85. The molecule has 0 saturated carbocycles. The average molecular weight is 332 g/mol. The van der Waals surface area contributed by atoms with Crippen molar-refractivity contribution in [1.82, 2.24) is 10.6 Å². The topological polar surface area (TPSA) is 84.2 Å². The standard InChI is InChI=1S/C14H21N3O2S.ClH/c1-3-20-12-6-4-11(5-7-12)10(2)17-14(19)9-16-13(18)8-15;/h4-7,10H,3,8-9,15H2,1-2H3,(H,16,18)(H,17,19);1H. The van der Waals surface area contributed by atoms with E-state index in [-0.39, 0.29) is 43.4 Å². The predicted octanol–water partition coefficient (Wildman–Crippen LogP) is 1.47. The molecule has 4 N–H and O–H groups in total. The Morgan fingerprint density at radius 1 is 1.24 bits per heavy atom. The molecule has 1 aromatic carbocycles. The zero-order valence-corrected chi connectivity index (χ0v) is 13.9. The Morgan fingerprint density at radius 2 is 1.86 bits per heavy atom. The second kappa shape index (κ2) is 10.5. The quantitative estimate of drug-likeness (QED) is 0.661. The zero-order valence-electron chi connectivity index (χ0n) is 12.2. The molecule has 7 heteroatoms. The Hall–Kier alpha value is -1.24. The van der Waals surface area contributed by atoms with Gasteiger partial charge in [-0.15, -0.1) is 24.2 Å². The van der Waals surface area contributed by atoms with Gasteiger partial charge in [-0.05, 0) is 30.4 Å². The fraction of sp³-hybridized carbons (Fsp3) is 0.429. The van der Waals surface area contributed by atoms with Crippen LogP contribution >= 0.6 is 24.2 Å². The Kier molecular flexibility index (Phi) is 9.86. The maximum Gasteiger partial charge on any atom is 0.239 e. The largest absolute Gasteiger partial charge is 0.348 e. The summed E-state index contributed by atoms with van der Waals surface area (Å²) in [6, 6.07) is 7.99. The molecule has 0 aliphatic heterocycles.